The molecule has 3 rings (SSSR count). The van der Waals surface area contributed by atoms with E-state index in [0.29, 0.717) is 5.41 Å². The van der Waals surface area contributed by atoms with Gasteiger partial charge in [-0.05, 0) is 61.1 Å². The molecule has 1 nitrogen and oxygen atoms in total. The Labute approximate surface area is 125 Å². The highest BCUT2D eigenvalue weighted by molar-refractivity contribution is 9.10. The molecule has 2 aliphatic rings. The Morgan fingerprint density at radius 2 is 1.89 bits per heavy atom. The number of rotatable bonds is 5. The molecule has 2 saturated carbocycles. The minimum Gasteiger partial charge on any atom is -0.313 e. The fourth-order valence-electron chi connectivity index (χ4n) is 3.48. The van der Waals surface area contributed by atoms with Crippen LogP contribution in [0.25, 0.3) is 0 Å². The number of hydrogen-bond donors (Lipinski definition) is 1. The van der Waals surface area contributed by atoms with Crippen LogP contribution in [-0.4, -0.2) is 12.6 Å². The van der Waals surface area contributed by atoms with Crippen molar-refractivity contribution < 1.29 is 0 Å². The fourth-order valence-corrected chi connectivity index (χ4v) is 3.75. The quantitative estimate of drug-likeness (QED) is 0.816. The van der Waals surface area contributed by atoms with Crippen LogP contribution in [0.1, 0.15) is 56.9 Å². The zero-order chi connectivity index (χ0) is 13.3. The van der Waals surface area contributed by atoms with Gasteiger partial charge in [-0.3, -0.25) is 0 Å². The number of hydrogen-bond acceptors (Lipinski definition) is 1. The summed E-state index contributed by atoms with van der Waals surface area (Å²) >= 11 is 3.50. The van der Waals surface area contributed by atoms with E-state index in [-0.39, 0.29) is 0 Å². The third-order valence-electron chi connectivity index (χ3n) is 5.41. The molecule has 0 radical (unpaired) electrons. The molecule has 2 aliphatic carbocycles. The molecule has 0 amide bonds. The molecule has 104 valence electrons. The van der Waals surface area contributed by atoms with Crippen LogP contribution in [0.15, 0.2) is 28.7 Å². The van der Waals surface area contributed by atoms with Crippen molar-refractivity contribution in [2.45, 2.75) is 57.4 Å². The second-order valence-corrected chi connectivity index (χ2v) is 7.42. The maximum absolute atomic E-state index is 3.81. The van der Waals surface area contributed by atoms with Gasteiger partial charge in [0.25, 0.3) is 0 Å². The van der Waals surface area contributed by atoms with Crippen LogP contribution in [0, 0.1) is 5.41 Å². The summed E-state index contributed by atoms with van der Waals surface area (Å²) in [6, 6.07) is 9.62. The number of benzene rings is 1. The average molecular weight is 322 g/mol. The van der Waals surface area contributed by atoms with E-state index in [1.165, 1.54) is 55.1 Å². The van der Waals surface area contributed by atoms with Crippen LogP contribution in [0.2, 0.25) is 0 Å². The molecule has 1 aromatic rings. The van der Waals surface area contributed by atoms with Crippen molar-refractivity contribution in [1.29, 1.82) is 0 Å². The lowest BCUT2D eigenvalue weighted by molar-refractivity contribution is 0.109. The van der Waals surface area contributed by atoms with Crippen molar-refractivity contribution in [3.8, 4) is 0 Å². The highest BCUT2D eigenvalue weighted by Crippen LogP contribution is 2.44. The zero-order valence-corrected chi connectivity index (χ0v) is 13.4. The SMILES string of the molecule is CCC1(CNC2CC(c3ccc(Br)cc3)C2)CCC1. The van der Waals surface area contributed by atoms with Gasteiger partial charge in [0.15, 0.2) is 0 Å². The van der Waals surface area contributed by atoms with Crippen LogP contribution < -0.4 is 5.32 Å². The second-order valence-electron chi connectivity index (χ2n) is 6.50. The Hall–Kier alpha value is -0.340. The molecule has 0 saturated heterocycles. The molecule has 0 unspecified atom stereocenters. The van der Waals surface area contributed by atoms with Gasteiger partial charge in [-0.25, -0.2) is 0 Å². The molecule has 0 spiro atoms. The van der Waals surface area contributed by atoms with E-state index in [9.17, 15) is 0 Å². The summed E-state index contributed by atoms with van der Waals surface area (Å²) in [5.41, 5.74) is 2.16. The molecule has 2 heteroatoms. The number of nitrogens with one attached hydrogen (secondary N) is 1. The molecule has 1 N–H and O–H groups in total. The zero-order valence-electron chi connectivity index (χ0n) is 11.8. The van der Waals surface area contributed by atoms with Crippen molar-refractivity contribution in [3.05, 3.63) is 34.3 Å². The Kier molecular flexibility index (Phi) is 4.00. The van der Waals surface area contributed by atoms with Gasteiger partial charge in [-0.1, -0.05) is 41.4 Å². The van der Waals surface area contributed by atoms with Gasteiger partial charge in [-0.15, -0.1) is 0 Å². The average Bonchev–Trinajstić information content (AvgIpc) is 2.32. The second kappa shape index (κ2) is 5.57. The predicted octanol–water partition coefficient (Wildman–Crippen LogP) is 4.87. The Balaban J connectivity index is 1.44. The lowest BCUT2D eigenvalue weighted by Gasteiger charge is -2.45. The Morgan fingerprint density at radius 1 is 1.21 bits per heavy atom. The highest BCUT2D eigenvalue weighted by Gasteiger charge is 2.37. The minimum absolute atomic E-state index is 0.655. The first-order valence-electron chi connectivity index (χ1n) is 7.70. The molecule has 0 bridgehead atoms. The Bertz CT molecular complexity index is 410. The monoisotopic (exact) mass is 321 g/mol. The first-order valence-corrected chi connectivity index (χ1v) is 8.49. The molecule has 19 heavy (non-hydrogen) atoms. The smallest absolute Gasteiger partial charge is 0.0175 e. The molecule has 0 aliphatic heterocycles. The molecule has 0 aromatic heterocycles. The van der Waals surface area contributed by atoms with Crippen molar-refractivity contribution in [3.63, 3.8) is 0 Å². The van der Waals surface area contributed by atoms with E-state index in [1.54, 1.807) is 0 Å². The first kappa shape index (κ1) is 13.6. The van der Waals surface area contributed by atoms with Crippen molar-refractivity contribution >= 4 is 15.9 Å². The molecule has 1 aromatic carbocycles. The van der Waals surface area contributed by atoms with Crippen molar-refractivity contribution in [2.24, 2.45) is 5.41 Å². The van der Waals surface area contributed by atoms with Gasteiger partial charge in [0.1, 0.15) is 0 Å². The predicted molar refractivity (Wildman–Crippen MR) is 84.5 cm³/mol. The fraction of sp³-hybridized carbons (Fsp3) is 0.647. The third kappa shape index (κ3) is 2.90. The van der Waals surface area contributed by atoms with Gasteiger partial charge in [0.2, 0.25) is 0 Å². The molecule has 0 atom stereocenters. The van der Waals surface area contributed by atoms with Crippen LogP contribution in [-0.2, 0) is 0 Å². The molecule has 2 fully saturated rings. The third-order valence-corrected chi connectivity index (χ3v) is 5.94. The van der Waals surface area contributed by atoms with E-state index in [0.717, 1.165) is 12.0 Å². The summed E-state index contributed by atoms with van der Waals surface area (Å²) in [6.07, 6.45) is 8.33. The summed E-state index contributed by atoms with van der Waals surface area (Å²) in [6.45, 7) is 3.60. The van der Waals surface area contributed by atoms with Gasteiger partial charge >= 0.3 is 0 Å². The van der Waals surface area contributed by atoms with Gasteiger partial charge in [-0.2, -0.15) is 0 Å². The first-order chi connectivity index (χ1) is 9.21. The largest absolute Gasteiger partial charge is 0.313 e. The van der Waals surface area contributed by atoms with Crippen LogP contribution in [0.3, 0.4) is 0 Å². The maximum Gasteiger partial charge on any atom is 0.0175 e. The van der Waals surface area contributed by atoms with E-state index in [2.05, 4.69) is 52.4 Å². The normalized spacial score (nSPS) is 28.5. The molecule has 0 heterocycles. The summed E-state index contributed by atoms with van der Waals surface area (Å²) in [5.74, 6) is 0.782. The minimum atomic E-state index is 0.655. The van der Waals surface area contributed by atoms with Crippen molar-refractivity contribution in [1.82, 2.24) is 5.32 Å². The van der Waals surface area contributed by atoms with E-state index in [1.807, 2.05) is 0 Å². The van der Waals surface area contributed by atoms with Crippen molar-refractivity contribution in [2.75, 3.05) is 6.54 Å². The van der Waals surface area contributed by atoms with Gasteiger partial charge in [0, 0.05) is 17.1 Å². The highest BCUT2D eigenvalue weighted by atomic mass is 79.9. The van der Waals surface area contributed by atoms with Crippen LogP contribution in [0.5, 0.6) is 0 Å². The topological polar surface area (TPSA) is 12.0 Å². The maximum atomic E-state index is 3.81. The van der Waals surface area contributed by atoms with Crippen LogP contribution >= 0.6 is 15.9 Å². The lowest BCUT2D eigenvalue weighted by atomic mass is 9.66. The molecular weight excluding hydrogens is 298 g/mol. The molecular formula is C17H24BrN. The summed E-state index contributed by atoms with van der Waals surface area (Å²) in [7, 11) is 0. The lowest BCUT2D eigenvalue weighted by Crippen LogP contribution is -2.47. The standard InChI is InChI=1S/C17H24BrN/c1-2-17(8-3-9-17)12-19-16-10-14(11-16)13-4-6-15(18)7-5-13/h4-7,14,16,19H,2-3,8-12H2,1H3. The van der Waals surface area contributed by atoms with E-state index >= 15 is 0 Å². The van der Waals surface area contributed by atoms with E-state index in [4.69, 9.17) is 0 Å². The van der Waals surface area contributed by atoms with Gasteiger partial charge in [0.05, 0.1) is 0 Å². The summed E-state index contributed by atoms with van der Waals surface area (Å²) < 4.78 is 1.18. The Morgan fingerprint density at radius 3 is 2.42 bits per heavy atom. The van der Waals surface area contributed by atoms with Gasteiger partial charge < -0.3 is 5.32 Å². The summed E-state index contributed by atoms with van der Waals surface area (Å²) in [5, 5.41) is 3.81. The van der Waals surface area contributed by atoms with Crippen LogP contribution in [0.4, 0.5) is 0 Å². The summed E-state index contributed by atoms with van der Waals surface area (Å²) in [4.78, 5) is 0. The number of halogens is 1. The van der Waals surface area contributed by atoms with E-state index < -0.39 is 0 Å².